The van der Waals surface area contributed by atoms with Crippen LogP contribution in [0.4, 0.5) is 0 Å². The molecule has 1 aromatic rings. The van der Waals surface area contributed by atoms with Gasteiger partial charge in [0, 0.05) is 19.1 Å². The Morgan fingerprint density at radius 3 is 2.50 bits per heavy atom. The fraction of sp³-hybridized carbons (Fsp3) is 0.579. The summed E-state index contributed by atoms with van der Waals surface area (Å²) in [5.41, 5.74) is 12.5. The molecule has 0 unspecified atom stereocenters. The number of hydrogen-bond donors (Lipinski definition) is 5. The van der Waals surface area contributed by atoms with Crippen LogP contribution in [0.3, 0.4) is 0 Å². The Morgan fingerprint density at radius 1 is 1.08 bits per heavy atom. The zero-order valence-electron chi connectivity index (χ0n) is 15.7. The standard InChI is InChI=1S/C19H33N5O2/c1-15(13-16-7-3-2-4-8-16)22-11-12-23-18(25)14-24-19(26)17(21)9-5-6-10-20/h2-4,7-8,15,17,22H,5-6,9-14,20-21H2,1H3,(H,23,25)(H,24,26)/t15-,17-/m1/s1. The number of amides is 2. The van der Waals surface area contributed by atoms with Gasteiger partial charge in [0.25, 0.3) is 0 Å². The van der Waals surface area contributed by atoms with Crippen molar-refractivity contribution in [2.75, 3.05) is 26.2 Å². The second kappa shape index (κ2) is 13.3. The first-order valence-electron chi connectivity index (χ1n) is 9.30. The van der Waals surface area contributed by atoms with Gasteiger partial charge in [0.15, 0.2) is 0 Å². The van der Waals surface area contributed by atoms with E-state index in [1.54, 1.807) is 0 Å². The predicted octanol–water partition coefficient (Wildman–Crippen LogP) is -0.104. The van der Waals surface area contributed by atoms with Gasteiger partial charge >= 0.3 is 0 Å². The van der Waals surface area contributed by atoms with E-state index in [0.717, 1.165) is 19.3 Å². The highest BCUT2D eigenvalue weighted by Crippen LogP contribution is 2.02. The van der Waals surface area contributed by atoms with Crippen molar-refractivity contribution in [1.29, 1.82) is 0 Å². The fourth-order valence-corrected chi connectivity index (χ4v) is 2.56. The quantitative estimate of drug-likeness (QED) is 0.313. The maximum Gasteiger partial charge on any atom is 0.239 e. The summed E-state index contributed by atoms with van der Waals surface area (Å²) in [6.45, 7) is 3.83. The molecule has 0 fully saturated rings. The molecule has 0 bridgehead atoms. The summed E-state index contributed by atoms with van der Waals surface area (Å²) in [6, 6.07) is 9.99. The van der Waals surface area contributed by atoms with Crippen LogP contribution in [0.25, 0.3) is 0 Å². The van der Waals surface area contributed by atoms with Crippen LogP contribution in [0.1, 0.15) is 31.7 Å². The summed E-state index contributed by atoms with van der Waals surface area (Å²) in [4.78, 5) is 23.5. The summed E-state index contributed by atoms with van der Waals surface area (Å²) >= 11 is 0. The average Bonchev–Trinajstić information content (AvgIpc) is 2.64. The molecule has 0 aliphatic carbocycles. The van der Waals surface area contributed by atoms with Crippen molar-refractivity contribution in [1.82, 2.24) is 16.0 Å². The Bertz CT molecular complexity index is 524. The van der Waals surface area contributed by atoms with Gasteiger partial charge in [-0.2, -0.15) is 0 Å². The first-order valence-corrected chi connectivity index (χ1v) is 9.30. The highest BCUT2D eigenvalue weighted by atomic mass is 16.2. The van der Waals surface area contributed by atoms with Crippen LogP contribution >= 0.6 is 0 Å². The first kappa shape index (κ1) is 22.1. The molecule has 0 aliphatic heterocycles. The Labute approximate surface area is 156 Å². The molecule has 7 nitrogen and oxygen atoms in total. The third kappa shape index (κ3) is 10.1. The van der Waals surface area contributed by atoms with Gasteiger partial charge in [0.2, 0.25) is 11.8 Å². The monoisotopic (exact) mass is 363 g/mol. The van der Waals surface area contributed by atoms with E-state index in [2.05, 4.69) is 35.0 Å². The highest BCUT2D eigenvalue weighted by Gasteiger charge is 2.13. The fourth-order valence-electron chi connectivity index (χ4n) is 2.56. The zero-order valence-corrected chi connectivity index (χ0v) is 15.7. The normalized spacial score (nSPS) is 13.0. The Balaban J connectivity index is 2.08. The van der Waals surface area contributed by atoms with Gasteiger partial charge in [-0.05, 0) is 38.3 Å². The summed E-state index contributed by atoms with van der Waals surface area (Å²) in [5, 5.41) is 8.70. The van der Waals surface area contributed by atoms with Crippen LogP contribution in [0.15, 0.2) is 30.3 Å². The SMILES string of the molecule is C[C@H](Cc1ccccc1)NCCNC(=O)CNC(=O)[C@H](N)CCCCN. The molecule has 146 valence electrons. The van der Waals surface area contributed by atoms with E-state index >= 15 is 0 Å². The molecule has 0 aromatic heterocycles. The number of carbonyl (C=O) groups excluding carboxylic acids is 2. The maximum absolute atomic E-state index is 11.8. The van der Waals surface area contributed by atoms with Gasteiger partial charge in [-0.1, -0.05) is 36.8 Å². The lowest BCUT2D eigenvalue weighted by atomic mass is 10.1. The number of nitrogens with one attached hydrogen (secondary N) is 3. The number of unbranched alkanes of at least 4 members (excludes halogenated alkanes) is 1. The van der Waals surface area contributed by atoms with Gasteiger partial charge in [0.1, 0.15) is 0 Å². The number of rotatable bonds is 13. The molecular weight excluding hydrogens is 330 g/mol. The Kier molecular flexibility index (Phi) is 11.3. The van der Waals surface area contributed by atoms with Crippen LogP contribution in [-0.2, 0) is 16.0 Å². The molecule has 0 aliphatic rings. The minimum absolute atomic E-state index is 0.0526. The first-order chi connectivity index (χ1) is 12.5. The summed E-state index contributed by atoms with van der Waals surface area (Å²) in [7, 11) is 0. The van der Waals surface area contributed by atoms with Crippen LogP contribution in [0, 0.1) is 0 Å². The molecule has 26 heavy (non-hydrogen) atoms. The third-order valence-electron chi connectivity index (χ3n) is 4.05. The minimum atomic E-state index is -0.588. The van der Waals surface area contributed by atoms with Crippen molar-refractivity contribution in [2.45, 2.75) is 44.7 Å². The van der Waals surface area contributed by atoms with Gasteiger partial charge in [-0.15, -0.1) is 0 Å². The molecule has 1 rings (SSSR count). The van der Waals surface area contributed by atoms with Crippen LogP contribution < -0.4 is 27.4 Å². The number of carbonyl (C=O) groups is 2. The highest BCUT2D eigenvalue weighted by molar-refractivity contribution is 5.87. The topological polar surface area (TPSA) is 122 Å². The van der Waals surface area contributed by atoms with E-state index in [9.17, 15) is 9.59 Å². The lowest BCUT2D eigenvalue weighted by Gasteiger charge is -2.15. The van der Waals surface area contributed by atoms with Crippen molar-refractivity contribution in [2.24, 2.45) is 11.5 Å². The number of nitrogens with two attached hydrogens (primary N) is 2. The second-order valence-corrected chi connectivity index (χ2v) is 6.50. The average molecular weight is 364 g/mol. The third-order valence-corrected chi connectivity index (χ3v) is 4.05. The summed E-state index contributed by atoms with van der Waals surface area (Å²) < 4.78 is 0. The smallest absolute Gasteiger partial charge is 0.239 e. The summed E-state index contributed by atoms with van der Waals surface area (Å²) in [5.74, 6) is -0.517. The van der Waals surface area contributed by atoms with Gasteiger partial charge in [-0.25, -0.2) is 0 Å². The lowest BCUT2D eigenvalue weighted by Crippen LogP contribution is -2.46. The van der Waals surface area contributed by atoms with Gasteiger partial charge in [0.05, 0.1) is 12.6 Å². The maximum atomic E-state index is 11.8. The molecule has 0 radical (unpaired) electrons. The van der Waals surface area contributed by atoms with Gasteiger partial charge < -0.3 is 27.4 Å². The lowest BCUT2D eigenvalue weighted by molar-refractivity contribution is -0.126. The molecule has 0 saturated heterocycles. The van der Waals surface area contributed by atoms with E-state index in [1.165, 1.54) is 5.56 Å². The molecule has 2 atom stereocenters. The Hall–Kier alpha value is -1.96. The second-order valence-electron chi connectivity index (χ2n) is 6.50. The van der Waals surface area contributed by atoms with Gasteiger partial charge in [-0.3, -0.25) is 9.59 Å². The van der Waals surface area contributed by atoms with Crippen LogP contribution in [0.5, 0.6) is 0 Å². The summed E-state index contributed by atoms with van der Waals surface area (Å²) in [6.07, 6.45) is 3.17. The van der Waals surface area contributed by atoms with Crippen molar-refractivity contribution >= 4 is 11.8 Å². The molecular formula is C19H33N5O2. The van der Waals surface area contributed by atoms with Crippen LogP contribution in [0.2, 0.25) is 0 Å². The van der Waals surface area contributed by atoms with Crippen LogP contribution in [-0.4, -0.2) is 50.1 Å². The molecule has 0 heterocycles. The Morgan fingerprint density at radius 2 is 1.81 bits per heavy atom. The van der Waals surface area contributed by atoms with E-state index in [0.29, 0.717) is 32.1 Å². The molecule has 1 aromatic carbocycles. The van der Waals surface area contributed by atoms with E-state index < -0.39 is 6.04 Å². The molecule has 7 N–H and O–H groups in total. The zero-order chi connectivity index (χ0) is 19.2. The molecule has 0 saturated carbocycles. The molecule has 0 spiro atoms. The minimum Gasteiger partial charge on any atom is -0.353 e. The molecule has 7 heteroatoms. The van der Waals surface area contributed by atoms with Crippen molar-refractivity contribution < 1.29 is 9.59 Å². The van der Waals surface area contributed by atoms with Crippen molar-refractivity contribution in [3.05, 3.63) is 35.9 Å². The van der Waals surface area contributed by atoms with Crippen molar-refractivity contribution in [3.63, 3.8) is 0 Å². The van der Waals surface area contributed by atoms with Crippen molar-refractivity contribution in [3.8, 4) is 0 Å². The van der Waals surface area contributed by atoms with E-state index in [-0.39, 0.29) is 18.4 Å². The number of hydrogen-bond acceptors (Lipinski definition) is 5. The predicted molar refractivity (Wildman–Crippen MR) is 105 cm³/mol. The molecule has 2 amide bonds. The van der Waals surface area contributed by atoms with E-state index in [4.69, 9.17) is 11.5 Å². The van der Waals surface area contributed by atoms with E-state index in [1.807, 2.05) is 18.2 Å². The number of benzene rings is 1. The largest absolute Gasteiger partial charge is 0.353 e.